The molecule has 0 aliphatic carbocycles. The Balaban J connectivity index is 2.24. The standard InChI is InChI=1S/C9H8BrFN2O/c10-6-3-5(1-2-7(6)11)8-4-12-9(14)13-8/h1-3,8H,4H2,(H2,12,13,14)/t8-/m0/s1. The number of rotatable bonds is 1. The summed E-state index contributed by atoms with van der Waals surface area (Å²) in [4.78, 5) is 10.9. The Bertz CT molecular complexity index is 383. The van der Waals surface area contributed by atoms with Crippen molar-refractivity contribution in [2.45, 2.75) is 6.04 Å². The van der Waals surface area contributed by atoms with Crippen molar-refractivity contribution in [1.29, 1.82) is 0 Å². The highest BCUT2D eigenvalue weighted by Crippen LogP contribution is 2.22. The van der Waals surface area contributed by atoms with Crippen molar-refractivity contribution in [2.24, 2.45) is 0 Å². The average molecular weight is 259 g/mol. The fourth-order valence-corrected chi connectivity index (χ4v) is 1.78. The highest BCUT2D eigenvalue weighted by atomic mass is 79.9. The molecule has 0 bridgehead atoms. The van der Waals surface area contributed by atoms with Gasteiger partial charge in [0.1, 0.15) is 5.82 Å². The summed E-state index contributed by atoms with van der Waals surface area (Å²) in [5.41, 5.74) is 0.886. The molecule has 1 aliphatic rings. The molecule has 0 unspecified atom stereocenters. The number of nitrogens with one attached hydrogen (secondary N) is 2. The molecule has 5 heteroatoms. The molecule has 2 rings (SSSR count). The number of amides is 2. The maximum atomic E-state index is 12.9. The maximum absolute atomic E-state index is 12.9. The summed E-state index contributed by atoms with van der Waals surface area (Å²) in [5.74, 6) is -0.300. The van der Waals surface area contributed by atoms with E-state index in [-0.39, 0.29) is 17.9 Å². The number of hydrogen-bond donors (Lipinski definition) is 2. The second kappa shape index (κ2) is 3.57. The monoisotopic (exact) mass is 258 g/mol. The normalized spacial score (nSPS) is 20.4. The van der Waals surface area contributed by atoms with Crippen LogP contribution in [0.1, 0.15) is 11.6 Å². The van der Waals surface area contributed by atoms with Crippen LogP contribution in [-0.2, 0) is 0 Å². The molecule has 1 heterocycles. The number of benzene rings is 1. The summed E-state index contributed by atoms with van der Waals surface area (Å²) in [6.07, 6.45) is 0. The van der Waals surface area contributed by atoms with Crippen LogP contribution >= 0.6 is 15.9 Å². The van der Waals surface area contributed by atoms with E-state index in [1.165, 1.54) is 6.07 Å². The Morgan fingerprint density at radius 2 is 2.29 bits per heavy atom. The van der Waals surface area contributed by atoms with E-state index in [0.717, 1.165) is 5.56 Å². The molecule has 0 radical (unpaired) electrons. The molecular weight excluding hydrogens is 251 g/mol. The summed E-state index contributed by atoms with van der Waals surface area (Å²) in [6.45, 7) is 0.539. The lowest BCUT2D eigenvalue weighted by atomic mass is 10.1. The molecule has 0 saturated carbocycles. The number of carbonyl (C=O) groups excluding carboxylic acids is 1. The minimum Gasteiger partial charge on any atom is -0.336 e. The molecule has 1 atom stereocenters. The Morgan fingerprint density at radius 1 is 1.50 bits per heavy atom. The smallest absolute Gasteiger partial charge is 0.315 e. The van der Waals surface area contributed by atoms with Crippen molar-refractivity contribution in [1.82, 2.24) is 10.6 Å². The second-order valence-electron chi connectivity index (χ2n) is 3.08. The van der Waals surface area contributed by atoms with Gasteiger partial charge in [-0.25, -0.2) is 9.18 Å². The van der Waals surface area contributed by atoms with E-state index in [2.05, 4.69) is 26.6 Å². The first-order chi connectivity index (χ1) is 6.66. The molecular formula is C9H8BrFN2O. The van der Waals surface area contributed by atoms with Gasteiger partial charge in [-0.15, -0.1) is 0 Å². The third kappa shape index (κ3) is 1.72. The minimum absolute atomic E-state index is 0.0700. The van der Waals surface area contributed by atoms with Gasteiger partial charge >= 0.3 is 6.03 Å². The van der Waals surface area contributed by atoms with Gasteiger partial charge in [-0.3, -0.25) is 0 Å². The molecule has 1 aromatic rings. The Hall–Kier alpha value is -1.10. The zero-order chi connectivity index (χ0) is 10.1. The zero-order valence-electron chi connectivity index (χ0n) is 7.18. The van der Waals surface area contributed by atoms with Gasteiger partial charge in [0.05, 0.1) is 10.5 Å². The fourth-order valence-electron chi connectivity index (χ4n) is 1.39. The van der Waals surface area contributed by atoms with Gasteiger partial charge in [-0.2, -0.15) is 0 Å². The maximum Gasteiger partial charge on any atom is 0.315 e. The number of urea groups is 1. The topological polar surface area (TPSA) is 41.1 Å². The van der Waals surface area contributed by atoms with Crippen LogP contribution in [0.2, 0.25) is 0 Å². The van der Waals surface area contributed by atoms with E-state index in [4.69, 9.17) is 0 Å². The summed E-state index contributed by atoms with van der Waals surface area (Å²) in [7, 11) is 0. The van der Waals surface area contributed by atoms with E-state index < -0.39 is 0 Å². The van der Waals surface area contributed by atoms with E-state index in [9.17, 15) is 9.18 Å². The Morgan fingerprint density at radius 3 is 2.86 bits per heavy atom. The lowest BCUT2D eigenvalue weighted by molar-refractivity contribution is 0.247. The van der Waals surface area contributed by atoms with Crippen molar-refractivity contribution < 1.29 is 9.18 Å². The number of carbonyl (C=O) groups is 1. The summed E-state index contributed by atoms with van der Waals surface area (Å²) in [6, 6.07) is 4.46. The molecule has 2 N–H and O–H groups in total. The van der Waals surface area contributed by atoms with Gasteiger partial charge in [0.2, 0.25) is 0 Å². The van der Waals surface area contributed by atoms with E-state index >= 15 is 0 Å². The predicted molar refractivity (Wildman–Crippen MR) is 53.4 cm³/mol. The molecule has 1 aromatic carbocycles. The van der Waals surface area contributed by atoms with Gasteiger partial charge < -0.3 is 10.6 Å². The Labute approximate surface area is 88.8 Å². The first kappa shape index (κ1) is 9.45. The number of hydrogen-bond acceptors (Lipinski definition) is 1. The quantitative estimate of drug-likeness (QED) is 0.795. The van der Waals surface area contributed by atoms with Crippen molar-refractivity contribution in [3.63, 3.8) is 0 Å². The van der Waals surface area contributed by atoms with Crippen LogP contribution in [0.4, 0.5) is 9.18 Å². The molecule has 0 aromatic heterocycles. The van der Waals surface area contributed by atoms with E-state index in [1.807, 2.05) is 0 Å². The van der Waals surface area contributed by atoms with Crippen LogP contribution in [-0.4, -0.2) is 12.6 Å². The molecule has 14 heavy (non-hydrogen) atoms. The van der Waals surface area contributed by atoms with Crippen LogP contribution in [0, 0.1) is 5.82 Å². The fraction of sp³-hybridized carbons (Fsp3) is 0.222. The van der Waals surface area contributed by atoms with Crippen LogP contribution in [0.3, 0.4) is 0 Å². The molecule has 0 spiro atoms. The largest absolute Gasteiger partial charge is 0.336 e. The highest BCUT2D eigenvalue weighted by molar-refractivity contribution is 9.10. The predicted octanol–water partition coefficient (Wildman–Crippen LogP) is 1.94. The lowest BCUT2D eigenvalue weighted by Crippen LogP contribution is -2.21. The Kier molecular flexibility index (Phi) is 2.41. The van der Waals surface area contributed by atoms with Gasteiger partial charge in [-0.1, -0.05) is 6.07 Å². The summed E-state index contributed by atoms with van der Waals surface area (Å²) < 4.78 is 13.3. The van der Waals surface area contributed by atoms with Crippen LogP contribution < -0.4 is 10.6 Å². The summed E-state index contributed by atoms with van der Waals surface area (Å²) >= 11 is 3.10. The van der Waals surface area contributed by atoms with Crippen LogP contribution in [0.25, 0.3) is 0 Å². The van der Waals surface area contributed by atoms with Gasteiger partial charge in [-0.05, 0) is 33.6 Å². The SMILES string of the molecule is O=C1NC[C@@H](c2ccc(F)c(Br)c2)N1. The minimum atomic E-state index is -0.300. The molecule has 2 amide bonds. The van der Waals surface area contributed by atoms with E-state index in [0.29, 0.717) is 11.0 Å². The third-order valence-corrected chi connectivity index (χ3v) is 2.73. The molecule has 1 fully saturated rings. The first-order valence-corrected chi connectivity index (χ1v) is 4.95. The van der Waals surface area contributed by atoms with Gasteiger partial charge in [0.25, 0.3) is 0 Å². The van der Waals surface area contributed by atoms with Crippen molar-refractivity contribution in [2.75, 3.05) is 6.54 Å². The van der Waals surface area contributed by atoms with Gasteiger partial charge in [0.15, 0.2) is 0 Å². The average Bonchev–Trinajstić information content (AvgIpc) is 2.57. The molecule has 1 aliphatic heterocycles. The first-order valence-electron chi connectivity index (χ1n) is 4.16. The molecule has 3 nitrogen and oxygen atoms in total. The highest BCUT2D eigenvalue weighted by Gasteiger charge is 2.21. The van der Waals surface area contributed by atoms with Crippen LogP contribution in [0.15, 0.2) is 22.7 Å². The van der Waals surface area contributed by atoms with Gasteiger partial charge in [0, 0.05) is 6.54 Å². The van der Waals surface area contributed by atoms with Crippen molar-refractivity contribution >= 4 is 22.0 Å². The van der Waals surface area contributed by atoms with Crippen molar-refractivity contribution in [3.05, 3.63) is 34.1 Å². The zero-order valence-corrected chi connectivity index (χ0v) is 8.77. The number of halogens is 2. The van der Waals surface area contributed by atoms with Crippen LogP contribution in [0.5, 0.6) is 0 Å². The lowest BCUT2D eigenvalue weighted by Gasteiger charge is -2.09. The van der Waals surface area contributed by atoms with E-state index in [1.54, 1.807) is 12.1 Å². The van der Waals surface area contributed by atoms with Crippen molar-refractivity contribution in [3.8, 4) is 0 Å². The third-order valence-electron chi connectivity index (χ3n) is 2.12. The molecule has 74 valence electrons. The summed E-state index contributed by atoms with van der Waals surface area (Å²) in [5, 5.41) is 5.37. The second-order valence-corrected chi connectivity index (χ2v) is 3.93. The molecule has 1 saturated heterocycles.